The van der Waals surface area contributed by atoms with Gasteiger partial charge in [0.15, 0.2) is 0 Å². The van der Waals surface area contributed by atoms with Gasteiger partial charge in [0, 0.05) is 6.20 Å². The van der Waals surface area contributed by atoms with Gasteiger partial charge in [0.2, 0.25) is 0 Å². The summed E-state index contributed by atoms with van der Waals surface area (Å²) in [7, 11) is 0. The first-order valence-corrected chi connectivity index (χ1v) is 7.11. The molecule has 0 unspecified atom stereocenters. The number of fused-ring (bicyclic) bond motifs is 2. The van der Waals surface area contributed by atoms with E-state index in [2.05, 4.69) is 10.1 Å². The molecule has 0 atom stereocenters. The van der Waals surface area contributed by atoms with Crippen molar-refractivity contribution in [2.45, 2.75) is 0 Å². The maximum Gasteiger partial charge on any atom is 0.335 e. The lowest BCUT2D eigenvalue weighted by molar-refractivity contribution is 0.0697. The maximum atomic E-state index is 11.0. The standard InChI is InChI=1S/C15H9N3O2S/c19-15(20)9-4-5-11-13(7-9)21-14(17-11)10-8-16-18-6-2-1-3-12(10)18/h1-8H,(H,19,20). The minimum atomic E-state index is -0.928. The van der Waals surface area contributed by atoms with Gasteiger partial charge in [-0.25, -0.2) is 14.3 Å². The van der Waals surface area contributed by atoms with Gasteiger partial charge in [-0.05, 0) is 30.3 Å². The van der Waals surface area contributed by atoms with Crippen LogP contribution in [0.4, 0.5) is 0 Å². The number of rotatable bonds is 2. The second kappa shape index (κ2) is 4.39. The van der Waals surface area contributed by atoms with E-state index in [-0.39, 0.29) is 5.56 Å². The third-order valence-electron chi connectivity index (χ3n) is 3.29. The van der Waals surface area contributed by atoms with E-state index < -0.39 is 5.97 Å². The van der Waals surface area contributed by atoms with Crippen LogP contribution in [0.15, 0.2) is 48.8 Å². The third kappa shape index (κ3) is 1.88. The Morgan fingerprint density at radius 2 is 2.14 bits per heavy atom. The highest BCUT2D eigenvalue weighted by atomic mass is 32.1. The van der Waals surface area contributed by atoms with Crippen LogP contribution in [0, 0.1) is 0 Å². The van der Waals surface area contributed by atoms with Gasteiger partial charge in [0.05, 0.1) is 33.1 Å². The Morgan fingerprint density at radius 3 is 3.00 bits per heavy atom. The quantitative estimate of drug-likeness (QED) is 0.616. The van der Waals surface area contributed by atoms with Crippen molar-refractivity contribution >= 4 is 33.0 Å². The predicted octanol–water partition coefficient (Wildman–Crippen LogP) is 3.31. The minimum absolute atomic E-state index is 0.276. The molecule has 0 bridgehead atoms. The number of aromatic carboxylic acids is 1. The molecule has 0 fully saturated rings. The molecule has 0 spiro atoms. The highest BCUT2D eigenvalue weighted by Crippen LogP contribution is 2.32. The Morgan fingerprint density at radius 1 is 1.24 bits per heavy atom. The lowest BCUT2D eigenvalue weighted by Crippen LogP contribution is -1.94. The van der Waals surface area contributed by atoms with Crippen LogP contribution in [-0.4, -0.2) is 25.7 Å². The summed E-state index contributed by atoms with van der Waals surface area (Å²) in [5.41, 5.74) is 3.01. The Kier molecular flexibility index (Phi) is 2.52. The van der Waals surface area contributed by atoms with E-state index in [1.165, 1.54) is 11.3 Å². The number of hydrogen-bond acceptors (Lipinski definition) is 4. The molecule has 0 aliphatic heterocycles. The molecule has 0 radical (unpaired) electrons. The maximum absolute atomic E-state index is 11.0. The van der Waals surface area contributed by atoms with Crippen LogP contribution in [0.2, 0.25) is 0 Å². The molecular weight excluding hydrogens is 286 g/mol. The van der Waals surface area contributed by atoms with Crippen molar-refractivity contribution in [1.29, 1.82) is 0 Å². The number of carbonyl (C=O) groups is 1. The molecule has 21 heavy (non-hydrogen) atoms. The molecule has 102 valence electrons. The van der Waals surface area contributed by atoms with Crippen LogP contribution >= 0.6 is 11.3 Å². The van der Waals surface area contributed by atoms with Crippen LogP contribution in [0.25, 0.3) is 26.3 Å². The van der Waals surface area contributed by atoms with Crippen molar-refractivity contribution in [2.75, 3.05) is 0 Å². The highest BCUT2D eigenvalue weighted by molar-refractivity contribution is 7.21. The average Bonchev–Trinajstić information content (AvgIpc) is 3.09. The summed E-state index contributed by atoms with van der Waals surface area (Å²) >= 11 is 1.47. The molecule has 0 aliphatic rings. The molecule has 0 saturated heterocycles. The van der Waals surface area contributed by atoms with E-state index >= 15 is 0 Å². The molecule has 3 aromatic heterocycles. The zero-order valence-electron chi connectivity index (χ0n) is 10.7. The van der Waals surface area contributed by atoms with Crippen LogP contribution in [0.5, 0.6) is 0 Å². The number of carboxylic acid groups (broad SMARTS) is 1. The van der Waals surface area contributed by atoms with Gasteiger partial charge in [-0.1, -0.05) is 6.07 Å². The van der Waals surface area contributed by atoms with Crippen molar-refractivity contribution in [2.24, 2.45) is 0 Å². The molecule has 1 N–H and O–H groups in total. The number of hydrogen-bond donors (Lipinski definition) is 1. The number of pyridine rings is 1. The van der Waals surface area contributed by atoms with E-state index in [4.69, 9.17) is 5.11 Å². The first-order valence-electron chi connectivity index (χ1n) is 6.29. The summed E-state index contributed by atoms with van der Waals surface area (Å²) in [6.07, 6.45) is 3.67. The van der Waals surface area contributed by atoms with Gasteiger partial charge in [-0.15, -0.1) is 11.3 Å². The molecule has 0 aliphatic carbocycles. The first kappa shape index (κ1) is 12.0. The largest absolute Gasteiger partial charge is 0.478 e. The smallest absolute Gasteiger partial charge is 0.335 e. The van der Waals surface area contributed by atoms with Crippen molar-refractivity contribution in [3.63, 3.8) is 0 Å². The minimum Gasteiger partial charge on any atom is -0.478 e. The first-order chi connectivity index (χ1) is 10.2. The zero-order chi connectivity index (χ0) is 14.4. The summed E-state index contributed by atoms with van der Waals surface area (Å²) in [5.74, 6) is -0.928. The fourth-order valence-electron chi connectivity index (χ4n) is 2.27. The monoisotopic (exact) mass is 295 g/mol. The summed E-state index contributed by atoms with van der Waals surface area (Å²) < 4.78 is 2.66. The Hall–Kier alpha value is -2.73. The summed E-state index contributed by atoms with van der Waals surface area (Å²) in [6, 6.07) is 10.8. The molecule has 1 aromatic carbocycles. The molecule has 6 heteroatoms. The lowest BCUT2D eigenvalue weighted by Gasteiger charge is -1.93. The van der Waals surface area contributed by atoms with E-state index in [0.29, 0.717) is 0 Å². The Bertz CT molecular complexity index is 987. The number of nitrogens with zero attached hydrogens (tertiary/aromatic N) is 3. The van der Waals surface area contributed by atoms with Crippen LogP contribution < -0.4 is 0 Å². The molecule has 0 saturated carbocycles. The van der Waals surface area contributed by atoms with E-state index in [9.17, 15) is 4.79 Å². The number of thiazole rings is 1. The number of carboxylic acids is 1. The van der Waals surface area contributed by atoms with Gasteiger partial charge in [-0.2, -0.15) is 5.10 Å². The third-order valence-corrected chi connectivity index (χ3v) is 4.34. The van der Waals surface area contributed by atoms with Crippen molar-refractivity contribution in [3.8, 4) is 10.6 Å². The Balaban J connectivity index is 1.92. The van der Waals surface area contributed by atoms with E-state index in [1.807, 2.05) is 24.4 Å². The Labute approximate surface area is 123 Å². The molecule has 4 aromatic rings. The summed E-state index contributed by atoms with van der Waals surface area (Å²) in [6.45, 7) is 0. The summed E-state index contributed by atoms with van der Waals surface area (Å²) in [5, 5.41) is 14.2. The van der Waals surface area contributed by atoms with Gasteiger partial charge in [-0.3, -0.25) is 0 Å². The van der Waals surface area contributed by atoms with Crippen LogP contribution in [0.3, 0.4) is 0 Å². The average molecular weight is 295 g/mol. The second-order valence-electron chi connectivity index (χ2n) is 4.60. The topological polar surface area (TPSA) is 67.5 Å². The normalized spacial score (nSPS) is 11.2. The van der Waals surface area contributed by atoms with E-state index in [0.717, 1.165) is 26.3 Å². The molecule has 5 nitrogen and oxygen atoms in total. The second-order valence-corrected chi connectivity index (χ2v) is 5.63. The molecule has 0 amide bonds. The fourth-order valence-corrected chi connectivity index (χ4v) is 3.30. The zero-order valence-corrected chi connectivity index (χ0v) is 11.5. The highest BCUT2D eigenvalue weighted by Gasteiger charge is 2.13. The number of benzene rings is 1. The van der Waals surface area contributed by atoms with Gasteiger partial charge < -0.3 is 5.11 Å². The molecule has 4 rings (SSSR count). The SMILES string of the molecule is O=C(O)c1ccc2nc(-c3cnn4ccccc34)sc2c1. The van der Waals surface area contributed by atoms with Crippen molar-refractivity contribution in [1.82, 2.24) is 14.6 Å². The van der Waals surface area contributed by atoms with Gasteiger partial charge in [0.1, 0.15) is 5.01 Å². The van der Waals surface area contributed by atoms with Gasteiger partial charge in [0.25, 0.3) is 0 Å². The molecular formula is C15H9N3O2S. The van der Waals surface area contributed by atoms with Crippen LogP contribution in [0.1, 0.15) is 10.4 Å². The van der Waals surface area contributed by atoms with Crippen molar-refractivity contribution in [3.05, 3.63) is 54.4 Å². The predicted molar refractivity (Wildman–Crippen MR) is 80.8 cm³/mol. The molecule has 3 heterocycles. The fraction of sp³-hybridized carbons (Fsp3) is 0. The van der Waals surface area contributed by atoms with Crippen molar-refractivity contribution < 1.29 is 9.90 Å². The van der Waals surface area contributed by atoms with Crippen LogP contribution in [-0.2, 0) is 0 Å². The lowest BCUT2D eigenvalue weighted by atomic mass is 10.2. The summed E-state index contributed by atoms with van der Waals surface area (Å²) in [4.78, 5) is 15.6. The number of aromatic nitrogens is 3. The van der Waals surface area contributed by atoms with Gasteiger partial charge >= 0.3 is 5.97 Å². The van der Waals surface area contributed by atoms with E-state index in [1.54, 1.807) is 28.9 Å².